The molecule has 0 bridgehead atoms. The molecule has 0 aromatic heterocycles. The van der Waals surface area contributed by atoms with Crippen LogP contribution in [0.15, 0.2) is 30.3 Å². The van der Waals surface area contributed by atoms with Gasteiger partial charge in [0.25, 0.3) is 0 Å². The van der Waals surface area contributed by atoms with Crippen molar-refractivity contribution in [1.82, 2.24) is 4.90 Å². The minimum absolute atomic E-state index is 0.0113. The maximum atomic E-state index is 12.3. The number of nitrogens with zero attached hydrogens (tertiary/aromatic N) is 1. The van der Waals surface area contributed by atoms with Gasteiger partial charge in [-0.1, -0.05) is 30.3 Å². The minimum atomic E-state index is -0.304. The second kappa shape index (κ2) is 8.02. The van der Waals surface area contributed by atoms with E-state index in [2.05, 4.69) is 0 Å². The highest BCUT2D eigenvalue weighted by Crippen LogP contribution is 2.09. The maximum absolute atomic E-state index is 12.3. The first kappa shape index (κ1) is 16.7. The molecule has 0 unspecified atom stereocenters. The predicted molar refractivity (Wildman–Crippen MR) is 81.2 cm³/mol. The molecule has 0 spiro atoms. The molecule has 1 amide bonds. The van der Waals surface area contributed by atoms with E-state index in [-0.39, 0.29) is 18.1 Å². The summed E-state index contributed by atoms with van der Waals surface area (Å²) in [6, 6.07) is 9.97. The van der Waals surface area contributed by atoms with E-state index in [4.69, 9.17) is 10.5 Å². The van der Waals surface area contributed by atoms with Gasteiger partial charge >= 0.3 is 0 Å². The SMILES string of the molecule is CC(C)(C)OCC(=O)N(CCCN)Cc1ccccc1. The topological polar surface area (TPSA) is 55.6 Å². The Morgan fingerprint density at radius 3 is 2.45 bits per heavy atom. The van der Waals surface area contributed by atoms with Gasteiger partial charge in [0.2, 0.25) is 5.91 Å². The van der Waals surface area contributed by atoms with Crippen LogP contribution in [0, 0.1) is 0 Å². The van der Waals surface area contributed by atoms with Crippen molar-refractivity contribution in [3.8, 4) is 0 Å². The number of nitrogens with two attached hydrogens (primary N) is 1. The number of carbonyl (C=O) groups excluding carboxylic acids is 1. The van der Waals surface area contributed by atoms with Gasteiger partial charge in [0, 0.05) is 13.1 Å². The Labute approximate surface area is 121 Å². The second-order valence-electron chi connectivity index (χ2n) is 5.84. The van der Waals surface area contributed by atoms with Crippen LogP contribution in [0.25, 0.3) is 0 Å². The third-order valence-electron chi connectivity index (χ3n) is 2.83. The highest BCUT2D eigenvalue weighted by atomic mass is 16.5. The molecule has 0 aliphatic rings. The van der Waals surface area contributed by atoms with Crippen LogP contribution in [0.2, 0.25) is 0 Å². The van der Waals surface area contributed by atoms with Crippen molar-refractivity contribution in [3.05, 3.63) is 35.9 Å². The molecular weight excluding hydrogens is 252 g/mol. The quantitative estimate of drug-likeness (QED) is 0.831. The van der Waals surface area contributed by atoms with Gasteiger partial charge in [-0.2, -0.15) is 0 Å². The van der Waals surface area contributed by atoms with Crippen LogP contribution in [-0.2, 0) is 16.1 Å². The van der Waals surface area contributed by atoms with E-state index in [0.717, 1.165) is 12.0 Å². The average molecular weight is 278 g/mol. The standard InChI is InChI=1S/C16H26N2O2/c1-16(2,3)20-13-15(19)18(11-7-10-17)12-14-8-5-4-6-9-14/h4-6,8-9H,7,10-13,17H2,1-3H3. The molecule has 0 atom stereocenters. The van der Waals surface area contributed by atoms with E-state index < -0.39 is 0 Å². The van der Waals surface area contributed by atoms with Gasteiger partial charge in [0.05, 0.1) is 5.60 Å². The van der Waals surface area contributed by atoms with E-state index >= 15 is 0 Å². The Kier molecular flexibility index (Phi) is 6.68. The minimum Gasteiger partial charge on any atom is -0.366 e. The van der Waals surface area contributed by atoms with Crippen molar-refractivity contribution in [2.45, 2.75) is 39.3 Å². The molecule has 0 heterocycles. The highest BCUT2D eigenvalue weighted by molar-refractivity contribution is 5.77. The van der Waals surface area contributed by atoms with Crippen molar-refractivity contribution >= 4 is 5.91 Å². The molecule has 1 rings (SSSR count). The van der Waals surface area contributed by atoms with Crippen LogP contribution >= 0.6 is 0 Å². The number of hydrogen-bond donors (Lipinski definition) is 1. The number of amides is 1. The lowest BCUT2D eigenvalue weighted by Crippen LogP contribution is -2.37. The Hall–Kier alpha value is -1.39. The van der Waals surface area contributed by atoms with E-state index in [9.17, 15) is 4.79 Å². The first-order chi connectivity index (χ1) is 9.42. The lowest BCUT2D eigenvalue weighted by atomic mass is 10.2. The molecule has 0 radical (unpaired) electrons. The summed E-state index contributed by atoms with van der Waals surface area (Å²) < 4.78 is 5.57. The Morgan fingerprint density at radius 1 is 1.25 bits per heavy atom. The van der Waals surface area contributed by atoms with E-state index in [0.29, 0.717) is 19.6 Å². The second-order valence-corrected chi connectivity index (χ2v) is 5.84. The van der Waals surface area contributed by atoms with Gasteiger partial charge in [0.15, 0.2) is 0 Å². The van der Waals surface area contributed by atoms with Crippen molar-refractivity contribution in [1.29, 1.82) is 0 Å². The Morgan fingerprint density at radius 2 is 1.90 bits per heavy atom. The number of ether oxygens (including phenoxy) is 1. The fraction of sp³-hybridized carbons (Fsp3) is 0.562. The summed E-state index contributed by atoms with van der Waals surface area (Å²) in [4.78, 5) is 14.1. The smallest absolute Gasteiger partial charge is 0.248 e. The average Bonchev–Trinajstić information content (AvgIpc) is 2.41. The summed E-state index contributed by atoms with van der Waals surface area (Å²) in [5, 5.41) is 0. The highest BCUT2D eigenvalue weighted by Gasteiger charge is 2.18. The summed E-state index contributed by atoms with van der Waals surface area (Å²) in [7, 11) is 0. The third-order valence-corrected chi connectivity index (χ3v) is 2.83. The molecule has 112 valence electrons. The van der Waals surface area contributed by atoms with E-state index in [1.165, 1.54) is 0 Å². The number of carbonyl (C=O) groups is 1. The van der Waals surface area contributed by atoms with Crippen LogP contribution < -0.4 is 5.73 Å². The summed E-state index contributed by atoms with van der Waals surface area (Å²) in [6.45, 7) is 7.80. The van der Waals surface area contributed by atoms with E-state index in [1.807, 2.05) is 56.0 Å². The fourth-order valence-corrected chi connectivity index (χ4v) is 1.75. The first-order valence-electron chi connectivity index (χ1n) is 7.08. The van der Waals surface area contributed by atoms with Crippen LogP contribution in [0.4, 0.5) is 0 Å². The van der Waals surface area contributed by atoms with Crippen molar-refractivity contribution in [3.63, 3.8) is 0 Å². The van der Waals surface area contributed by atoms with Gasteiger partial charge in [-0.05, 0) is 39.3 Å². The van der Waals surface area contributed by atoms with Crippen molar-refractivity contribution in [2.75, 3.05) is 19.7 Å². The molecule has 1 aromatic rings. The molecule has 0 fully saturated rings. The molecule has 4 nitrogen and oxygen atoms in total. The molecule has 0 saturated heterocycles. The van der Waals surface area contributed by atoms with Gasteiger partial charge in [0.1, 0.15) is 6.61 Å². The van der Waals surface area contributed by atoms with Crippen LogP contribution in [0.3, 0.4) is 0 Å². The van der Waals surface area contributed by atoms with Gasteiger partial charge in [-0.3, -0.25) is 4.79 Å². The van der Waals surface area contributed by atoms with Gasteiger partial charge in [-0.15, -0.1) is 0 Å². The van der Waals surface area contributed by atoms with Crippen LogP contribution in [-0.4, -0.2) is 36.1 Å². The molecule has 2 N–H and O–H groups in total. The summed E-state index contributed by atoms with van der Waals surface area (Å²) in [5.41, 5.74) is 6.36. The van der Waals surface area contributed by atoms with Crippen molar-refractivity contribution in [2.24, 2.45) is 5.73 Å². The fourth-order valence-electron chi connectivity index (χ4n) is 1.75. The summed E-state index contributed by atoms with van der Waals surface area (Å²) in [6.07, 6.45) is 0.800. The lowest BCUT2D eigenvalue weighted by molar-refractivity contribution is -0.141. The van der Waals surface area contributed by atoms with Crippen LogP contribution in [0.1, 0.15) is 32.8 Å². The normalized spacial score (nSPS) is 11.4. The molecular formula is C16H26N2O2. The molecule has 0 aliphatic heterocycles. The number of benzene rings is 1. The number of rotatable bonds is 7. The van der Waals surface area contributed by atoms with Crippen LogP contribution in [0.5, 0.6) is 0 Å². The number of hydrogen-bond acceptors (Lipinski definition) is 3. The maximum Gasteiger partial charge on any atom is 0.248 e. The lowest BCUT2D eigenvalue weighted by Gasteiger charge is -2.25. The molecule has 1 aromatic carbocycles. The molecule has 20 heavy (non-hydrogen) atoms. The summed E-state index contributed by atoms with van der Waals surface area (Å²) in [5.74, 6) is 0.0113. The largest absolute Gasteiger partial charge is 0.366 e. The van der Waals surface area contributed by atoms with Gasteiger partial charge < -0.3 is 15.4 Å². The Balaban J connectivity index is 2.61. The monoisotopic (exact) mass is 278 g/mol. The van der Waals surface area contributed by atoms with Crippen molar-refractivity contribution < 1.29 is 9.53 Å². The molecule has 0 saturated carbocycles. The molecule has 4 heteroatoms. The third kappa shape index (κ3) is 6.68. The van der Waals surface area contributed by atoms with Gasteiger partial charge in [-0.25, -0.2) is 0 Å². The Bertz CT molecular complexity index is 399. The molecule has 0 aliphatic carbocycles. The predicted octanol–water partition coefficient (Wildman–Crippen LogP) is 2.18. The zero-order chi connectivity index (χ0) is 15.0. The first-order valence-corrected chi connectivity index (χ1v) is 7.08. The summed E-state index contributed by atoms with van der Waals surface area (Å²) >= 11 is 0. The zero-order valence-electron chi connectivity index (χ0n) is 12.8. The van der Waals surface area contributed by atoms with E-state index in [1.54, 1.807) is 0 Å². The zero-order valence-corrected chi connectivity index (χ0v) is 12.8.